The lowest BCUT2D eigenvalue weighted by molar-refractivity contribution is -0.165. The lowest BCUT2D eigenvalue weighted by Gasteiger charge is -2.36. The van der Waals surface area contributed by atoms with E-state index in [1.165, 1.54) is 29.3 Å². The first-order valence-electron chi connectivity index (χ1n) is 13.7. The van der Waals surface area contributed by atoms with E-state index >= 15 is 0 Å². The third-order valence-corrected chi connectivity index (χ3v) is 7.63. The number of halogens is 4. The second kappa shape index (κ2) is 11.9. The van der Waals surface area contributed by atoms with E-state index in [1.807, 2.05) is 0 Å². The number of ether oxygens (including phenoxy) is 3. The van der Waals surface area contributed by atoms with Gasteiger partial charge < -0.3 is 19.1 Å². The fraction of sp³-hybridized carbons (Fsp3) is 0.429. The standard InChI is InChI=1S/C28H28ClF3N6O4/c29-20-15-21-25(36-24(20)17-4-3-5-18(14-17)28(30,31)32)38(19-8-10-37(21)16-19)27(39)35-22-7-9-33-26(34-22)42-13-12-41-23-6-1-2-11-40-23/h3-5,7,9,14-15,19,23H,1-2,6,8,10-13,16H2,(H,33,34,35,39)/t19-,23?/m0/s1. The minimum atomic E-state index is -4.52. The number of nitrogens with one attached hydrogen (secondary N) is 1. The molecular formula is C28H28ClF3N6O4. The van der Waals surface area contributed by atoms with Gasteiger partial charge >= 0.3 is 18.2 Å². The predicted molar refractivity (Wildman–Crippen MR) is 149 cm³/mol. The van der Waals surface area contributed by atoms with Gasteiger partial charge in [0.05, 0.1) is 34.6 Å². The number of rotatable bonds is 7. The van der Waals surface area contributed by atoms with Gasteiger partial charge in [0.15, 0.2) is 12.1 Å². The van der Waals surface area contributed by atoms with Crippen molar-refractivity contribution in [1.29, 1.82) is 0 Å². The molecule has 3 aromatic rings. The number of urea groups is 1. The maximum Gasteiger partial charge on any atom is 0.416 e. The fourth-order valence-corrected chi connectivity index (χ4v) is 5.59. The van der Waals surface area contributed by atoms with Gasteiger partial charge in [0.1, 0.15) is 12.4 Å². The topological polar surface area (TPSA) is 102 Å². The molecule has 2 fully saturated rings. The third-order valence-electron chi connectivity index (χ3n) is 7.34. The van der Waals surface area contributed by atoms with Crippen LogP contribution in [0.25, 0.3) is 11.3 Å². The molecule has 0 saturated carbocycles. The number of pyridine rings is 1. The van der Waals surface area contributed by atoms with Crippen molar-refractivity contribution in [2.45, 2.75) is 44.2 Å². The first-order valence-corrected chi connectivity index (χ1v) is 14.1. The largest absolute Gasteiger partial charge is 0.461 e. The van der Waals surface area contributed by atoms with E-state index in [0.29, 0.717) is 44.2 Å². The molecule has 2 bridgehead atoms. The molecule has 5 heterocycles. The number of anilines is 3. The fourth-order valence-electron chi connectivity index (χ4n) is 5.34. The van der Waals surface area contributed by atoms with Gasteiger partial charge in [-0.3, -0.25) is 10.2 Å². The smallest absolute Gasteiger partial charge is 0.416 e. The van der Waals surface area contributed by atoms with E-state index in [9.17, 15) is 18.0 Å². The summed E-state index contributed by atoms with van der Waals surface area (Å²) in [4.78, 5) is 30.2. The summed E-state index contributed by atoms with van der Waals surface area (Å²) >= 11 is 6.53. The normalized spacial score (nSPS) is 19.9. The lowest BCUT2D eigenvalue weighted by Crippen LogP contribution is -2.48. The zero-order chi connectivity index (χ0) is 29.3. The summed E-state index contributed by atoms with van der Waals surface area (Å²) in [6.07, 6.45) is 0.336. The number of fused-ring (bicyclic) bond motifs is 4. The number of amides is 2. The van der Waals surface area contributed by atoms with Crippen LogP contribution in [0.15, 0.2) is 42.6 Å². The van der Waals surface area contributed by atoms with Crippen LogP contribution in [-0.4, -0.2) is 66.2 Å². The van der Waals surface area contributed by atoms with Crippen molar-refractivity contribution in [3.05, 3.63) is 53.2 Å². The number of alkyl halides is 3. The molecule has 0 spiro atoms. The molecule has 2 aromatic heterocycles. The van der Waals surface area contributed by atoms with Crippen LogP contribution in [0.5, 0.6) is 6.01 Å². The average Bonchev–Trinajstić information content (AvgIpc) is 3.40. The summed E-state index contributed by atoms with van der Waals surface area (Å²) in [5.74, 6) is 0.529. The highest BCUT2D eigenvalue weighted by Crippen LogP contribution is 2.43. The van der Waals surface area contributed by atoms with E-state index in [1.54, 1.807) is 6.07 Å². The van der Waals surface area contributed by atoms with Gasteiger partial charge in [0.25, 0.3) is 0 Å². The number of carbonyl (C=O) groups is 1. The molecule has 222 valence electrons. The molecule has 10 nitrogen and oxygen atoms in total. The van der Waals surface area contributed by atoms with Crippen LogP contribution in [0.3, 0.4) is 0 Å². The maximum absolute atomic E-state index is 13.6. The second-order valence-corrected chi connectivity index (χ2v) is 10.6. The highest BCUT2D eigenvalue weighted by atomic mass is 35.5. The quantitative estimate of drug-likeness (QED) is 0.340. The van der Waals surface area contributed by atoms with E-state index in [4.69, 9.17) is 25.8 Å². The van der Waals surface area contributed by atoms with Crippen molar-refractivity contribution >= 4 is 35.0 Å². The molecule has 14 heteroatoms. The predicted octanol–water partition coefficient (Wildman–Crippen LogP) is 5.76. The van der Waals surface area contributed by atoms with Gasteiger partial charge in [-0.1, -0.05) is 23.7 Å². The molecule has 3 aliphatic rings. The Morgan fingerprint density at radius 2 is 2.02 bits per heavy atom. The van der Waals surface area contributed by atoms with Crippen LogP contribution in [0.1, 0.15) is 31.2 Å². The minimum Gasteiger partial charge on any atom is -0.461 e. The van der Waals surface area contributed by atoms with E-state index < -0.39 is 17.8 Å². The highest BCUT2D eigenvalue weighted by Gasteiger charge is 2.41. The molecule has 42 heavy (non-hydrogen) atoms. The summed E-state index contributed by atoms with van der Waals surface area (Å²) in [6, 6.07) is 7.37. The number of aromatic nitrogens is 3. The molecule has 0 radical (unpaired) electrons. The van der Waals surface area contributed by atoms with Crippen molar-refractivity contribution in [1.82, 2.24) is 15.0 Å². The van der Waals surface area contributed by atoms with Gasteiger partial charge in [-0.2, -0.15) is 18.2 Å². The molecule has 2 saturated heterocycles. The van der Waals surface area contributed by atoms with E-state index in [0.717, 1.165) is 31.4 Å². The Kier molecular flexibility index (Phi) is 8.06. The Labute approximate surface area is 244 Å². The van der Waals surface area contributed by atoms with Crippen molar-refractivity contribution < 1.29 is 32.2 Å². The zero-order valence-electron chi connectivity index (χ0n) is 22.4. The first kappa shape index (κ1) is 28.4. The van der Waals surface area contributed by atoms with Crippen molar-refractivity contribution in [3.8, 4) is 17.3 Å². The summed E-state index contributed by atoms with van der Waals surface area (Å²) in [5, 5.41) is 2.98. The Bertz CT molecular complexity index is 1460. The van der Waals surface area contributed by atoms with Crippen molar-refractivity contribution in [3.63, 3.8) is 0 Å². The third kappa shape index (κ3) is 6.08. The van der Waals surface area contributed by atoms with Crippen LogP contribution >= 0.6 is 11.6 Å². The van der Waals surface area contributed by atoms with Crippen LogP contribution in [0.2, 0.25) is 5.02 Å². The van der Waals surface area contributed by atoms with Gasteiger partial charge in [0.2, 0.25) is 0 Å². The molecule has 0 aliphatic carbocycles. The van der Waals surface area contributed by atoms with Gasteiger partial charge in [-0.05, 0) is 49.9 Å². The number of carbonyl (C=O) groups excluding carboxylic acids is 1. The molecule has 6 rings (SSSR count). The summed E-state index contributed by atoms with van der Waals surface area (Å²) in [6.45, 7) is 2.45. The molecule has 2 amide bonds. The van der Waals surface area contributed by atoms with Gasteiger partial charge in [-0.15, -0.1) is 0 Å². The average molecular weight is 605 g/mol. The summed E-state index contributed by atoms with van der Waals surface area (Å²) < 4.78 is 56.9. The molecular weight excluding hydrogens is 577 g/mol. The number of hydrogen-bond donors (Lipinski definition) is 1. The molecule has 1 aromatic carbocycles. The Hall–Kier alpha value is -3.68. The minimum absolute atomic E-state index is 0.0730. The Balaban J connectivity index is 1.19. The Morgan fingerprint density at radius 3 is 2.83 bits per heavy atom. The monoisotopic (exact) mass is 604 g/mol. The SMILES string of the molecule is O=C(Nc1ccnc(OCCOC2CCCCO2)n1)N1c2nc(-c3cccc(C(F)(F)F)c3)c(Cl)cc2N2CC[C@H]1C2. The van der Waals surface area contributed by atoms with Crippen LogP contribution in [0, 0.1) is 0 Å². The molecule has 2 atom stereocenters. The van der Waals surface area contributed by atoms with E-state index in [2.05, 4.69) is 25.2 Å². The van der Waals surface area contributed by atoms with Crippen LogP contribution in [-0.2, 0) is 15.7 Å². The second-order valence-electron chi connectivity index (χ2n) is 10.2. The van der Waals surface area contributed by atoms with Gasteiger partial charge in [-0.25, -0.2) is 14.8 Å². The van der Waals surface area contributed by atoms with Gasteiger partial charge in [0, 0.05) is 31.5 Å². The zero-order valence-corrected chi connectivity index (χ0v) is 23.2. The summed E-state index contributed by atoms with van der Waals surface area (Å²) in [7, 11) is 0. The van der Waals surface area contributed by atoms with Crippen LogP contribution in [0.4, 0.5) is 35.3 Å². The van der Waals surface area contributed by atoms with Crippen molar-refractivity contribution in [2.75, 3.05) is 48.0 Å². The van der Waals surface area contributed by atoms with Crippen molar-refractivity contribution in [2.24, 2.45) is 0 Å². The maximum atomic E-state index is 13.6. The summed E-state index contributed by atoms with van der Waals surface area (Å²) in [5.41, 5.74) is 0.167. The van der Waals surface area contributed by atoms with E-state index in [-0.39, 0.29) is 47.0 Å². The molecule has 1 unspecified atom stereocenters. The lowest BCUT2D eigenvalue weighted by atomic mass is 10.1. The molecule has 3 aliphatic heterocycles. The number of benzene rings is 1. The Morgan fingerprint density at radius 1 is 1.14 bits per heavy atom. The number of nitrogens with zero attached hydrogens (tertiary/aromatic N) is 5. The number of hydrogen-bond acceptors (Lipinski definition) is 8. The first-order chi connectivity index (χ1) is 20.3. The van der Waals surface area contributed by atoms with Crippen LogP contribution < -0.4 is 19.9 Å². The molecule has 1 N–H and O–H groups in total. The highest BCUT2D eigenvalue weighted by molar-refractivity contribution is 6.33.